The van der Waals surface area contributed by atoms with Gasteiger partial charge in [0.25, 0.3) is 5.56 Å². The van der Waals surface area contributed by atoms with Gasteiger partial charge in [-0.25, -0.2) is 0 Å². The van der Waals surface area contributed by atoms with Crippen LogP contribution in [0.3, 0.4) is 0 Å². The topological polar surface area (TPSA) is 44.0 Å². The molecule has 0 saturated carbocycles. The van der Waals surface area contributed by atoms with Gasteiger partial charge in [0.2, 0.25) is 0 Å². The third kappa shape index (κ3) is 2.84. The van der Waals surface area contributed by atoms with Crippen LogP contribution in [0.2, 0.25) is 0 Å². The van der Waals surface area contributed by atoms with Gasteiger partial charge in [-0.2, -0.15) is 13.2 Å². The fraction of sp³-hybridized carbons (Fsp3) is 0.333. The minimum Gasteiger partial charge on any atom is -0.351 e. The standard InChI is InChI=1S/C15H15F3N2O2/c1-9-7-11(10(2)19(9)3)13(21)8-20-6-4-5-12(14(20)22)15(16,17)18/h4-7H,8H2,1-3H3. The Bertz CT molecular complexity index is 785. The average molecular weight is 312 g/mol. The maximum atomic E-state index is 12.7. The molecule has 0 N–H and O–H groups in total. The highest BCUT2D eigenvalue weighted by Gasteiger charge is 2.34. The number of aromatic nitrogens is 2. The molecular weight excluding hydrogens is 297 g/mol. The first-order valence-corrected chi connectivity index (χ1v) is 6.55. The number of alkyl halides is 3. The fourth-order valence-corrected chi connectivity index (χ4v) is 2.25. The van der Waals surface area contributed by atoms with Gasteiger partial charge in [-0.05, 0) is 32.0 Å². The van der Waals surface area contributed by atoms with Crippen LogP contribution in [-0.2, 0) is 19.8 Å². The molecule has 4 nitrogen and oxygen atoms in total. The van der Waals surface area contributed by atoms with E-state index in [1.54, 1.807) is 20.0 Å². The summed E-state index contributed by atoms with van der Waals surface area (Å²) in [5.41, 5.74) is -0.513. The first-order chi connectivity index (χ1) is 10.1. The minimum absolute atomic E-state index is 0.400. The van der Waals surface area contributed by atoms with Crippen LogP contribution < -0.4 is 5.56 Å². The van der Waals surface area contributed by atoms with Gasteiger partial charge in [0, 0.05) is 30.2 Å². The molecule has 0 aliphatic rings. The SMILES string of the molecule is Cc1cc(C(=O)Cn2cccc(C(F)(F)F)c2=O)c(C)n1C. The molecule has 0 aliphatic carbocycles. The minimum atomic E-state index is -4.73. The van der Waals surface area contributed by atoms with E-state index in [9.17, 15) is 22.8 Å². The Hall–Kier alpha value is -2.31. The van der Waals surface area contributed by atoms with Gasteiger partial charge in [-0.3, -0.25) is 9.59 Å². The lowest BCUT2D eigenvalue weighted by Gasteiger charge is -2.10. The molecule has 22 heavy (non-hydrogen) atoms. The number of carbonyl (C=O) groups excluding carboxylic acids is 1. The third-order valence-corrected chi connectivity index (χ3v) is 3.72. The van der Waals surface area contributed by atoms with Gasteiger partial charge in [-0.15, -0.1) is 0 Å². The molecule has 0 amide bonds. The molecule has 2 aromatic rings. The molecule has 2 heterocycles. The predicted molar refractivity (Wildman–Crippen MR) is 74.9 cm³/mol. The zero-order chi connectivity index (χ0) is 16.7. The van der Waals surface area contributed by atoms with E-state index in [-0.39, 0.29) is 0 Å². The number of halogens is 3. The first-order valence-electron chi connectivity index (χ1n) is 6.55. The molecule has 7 heteroatoms. The first kappa shape index (κ1) is 16.1. The van der Waals surface area contributed by atoms with E-state index in [2.05, 4.69) is 0 Å². The van der Waals surface area contributed by atoms with E-state index in [0.29, 0.717) is 17.3 Å². The monoisotopic (exact) mass is 312 g/mol. The maximum Gasteiger partial charge on any atom is 0.421 e. The van der Waals surface area contributed by atoms with Crippen molar-refractivity contribution in [3.63, 3.8) is 0 Å². The molecule has 0 aromatic carbocycles. The number of hydrogen-bond donors (Lipinski definition) is 0. The summed E-state index contributed by atoms with van der Waals surface area (Å²) in [6.07, 6.45) is -3.55. The van der Waals surface area contributed by atoms with Gasteiger partial charge in [0.15, 0.2) is 5.78 Å². The second-order valence-electron chi connectivity index (χ2n) is 5.12. The van der Waals surface area contributed by atoms with Crippen LogP contribution in [0.4, 0.5) is 13.2 Å². The number of pyridine rings is 1. The Morgan fingerprint density at radius 2 is 1.91 bits per heavy atom. The van der Waals surface area contributed by atoms with E-state index in [0.717, 1.165) is 16.3 Å². The van der Waals surface area contributed by atoms with Crippen LogP contribution in [0.1, 0.15) is 27.3 Å². The van der Waals surface area contributed by atoms with E-state index in [1.807, 2.05) is 11.5 Å². The van der Waals surface area contributed by atoms with Crippen LogP contribution in [-0.4, -0.2) is 14.9 Å². The van der Waals surface area contributed by atoms with Crippen LogP contribution in [0, 0.1) is 13.8 Å². The summed E-state index contributed by atoms with van der Waals surface area (Å²) < 4.78 is 40.7. The van der Waals surface area contributed by atoms with Crippen LogP contribution >= 0.6 is 0 Å². The van der Waals surface area contributed by atoms with E-state index in [4.69, 9.17) is 0 Å². The molecule has 0 saturated heterocycles. The van der Waals surface area contributed by atoms with Gasteiger partial charge in [0.1, 0.15) is 5.56 Å². The van der Waals surface area contributed by atoms with Gasteiger partial charge in [0.05, 0.1) is 6.54 Å². The number of ketones is 1. The zero-order valence-corrected chi connectivity index (χ0v) is 12.4. The lowest BCUT2D eigenvalue weighted by Crippen LogP contribution is -2.30. The summed E-state index contributed by atoms with van der Waals surface area (Å²) in [5, 5.41) is 0. The van der Waals surface area contributed by atoms with Crippen molar-refractivity contribution < 1.29 is 18.0 Å². The largest absolute Gasteiger partial charge is 0.421 e. The lowest BCUT2D eigenvalue weighted by atomic mass is 10.1. The summed E-state index contributed by atoms with van der Waals surface area (Å²) in [4.78, 5) is 24.1. The molecule has 0 bridgehead atoms. The third-order valence-electron chi connectivity index (χ3n) is 3.72. The molecule has 0 spiro atoms. The summed E-state index contributed by atoms with van der Waals surface area (Å²) in [6, 6.07) is 3.48. The smallest absolute Gasteiger partial charge is 0.351 e. The summed E-state index contributed by atoms with van der Waals surface area (Å²) in [6.45, 7) is 3.14. The Balaban J connectivity index is 2.38. The van der Waals surface area contributed by atoms with Gasteiger partial charge >= 0.3 is 6.18 Å². The summed E-state index contributed by atoms with van der Waals surface area (Å²) in [7, 11) is 1.79. The lowest BCUT2D eigenvalue weighted by molar-refractivity contribution is -0.138. The fourth-order valence-electron chi connectivity index (χ4n) is 2.25. The van der Waals surface area contributed by atoms with Crippen molar-refractivity contribution in [2.24, 2.45) is 7.05 Å². The molecular formula is C15H15F3N2O2. The van der Waals surface area contributed by atoms with Crippen molar-refractivity contribution in [1.82, 2.24) is 9.13 Å². The average Bonchev–Trinajstić information content (AvgIpc) is 2.67. The second-order valence-corrected chi connectivity index (χ2v) is 5.12. The number of aryl methyl sites for hydroxylation is 1. The number of rotatable bonds is 3. The van der Waals surface area contributed by atoms with E-state index < -0.39 is 29.6 Å². The van der Waals surface area contributed by atoms with E-state index in [1.165, 1.54) is 6.20 Å². The number of Topliss-reactive ketones (excluding diaryl/α,β-unsaturated/α-hetero) is 1. The molecule has 0 radical (unpaired) electrons. The van der Waals surface area contributed by atoms with Crippen molar-refractivity contribution in [1.29, 1.82) is 0 Å². The number of hydrogen-bond acceptors (Lipinski definition) is 2. The van der Waals surface area contributed by atoms with Gasteiger partial charge in [-0.1, -0.05) is 0 Å². The van der Waals surface area contributed by atoms with Crippen LogP contribution in [0.15, 0.2) is 29.2 Å². The quantitative estimate of drug-likeness (QED) is 0.818. The highest BCUT2D eigenvalue weighted by Crippen LogP contribution is 2.26. The normalized spacial score (nSPS) is 11.7. The number of nitrogens with zero attached hydrogens (tertiary/aromatic N) is 2. The maximum absolute atomic E-state index is 12.7. The van der Waals surface area contributed by atoms with E-state index >= 15 is 0 Å². The molecule has 0 atom stereocenters. The summed E-state index contributed by atoms with van der Waals surface area (Å²) >= 11 is 0. The van der Waals surface area contributed by atoms with Crippen molar-refractivity contribution in [2.45, 2.75) is 26.6 Å². The number of carbonyl (C=O) groups is 1. The Morgan fingerprint density at radius 3 is 2.41 bits per heavy atom. The Morgan fingerprint density at radius 1 is 1.27 bits per heavy atom. The molecule has 0 unspecified atom stereocenters. The Labute approximate surface area is 124 Å². The van der Waals surface area contributed by atoms with Crippen LogP contribution in [0.5, 0.6) is 0 Å². The zero-order valence-electron chi connectivity index (χ0n) is 12.4. The predicted octanol–water partition coefficient (Wildman–Crippen LogP) is 2.71. The summed E-state index contributed by atoms with van der Waals surface area (Å²) in [5.74, 6) is -0.400. The molecule has 0 fully saturated rings. The molecule has 2 rings (SSSR count). The molecule has 0 aliphatic heterocycles. The van der Waals surface area contributed by atoms with Crippen molar-refractivity contribution in [2.75, 3.05) is 0 Å². The van der Waals surface area contributed by atoms with Crippen molar-refractivity contribution in [3.8, 4) is 0 Å². The van der Waals surface area contributed by atoms with Gasteiger partial charge < -0.3 is 9.13 Å². The highest BCUT2D eigenvalue weighted by molar-refractivity contribution is 5.97. The molecule has 118 valence electrons. The van der Waals surface area contributed by atoms with Crippen LogP contribution in [0.25, 0.3) is 0 Å². The van der Waals surface area contributed by atoms with Crippen molar-refractivity contribution in [3.05, 3.63) is 57.3 Å². The molecule has 2 aromatic heterocycles. The van der Waals surface area contributed by atoms with Crippen molar-refractivity contribution >= 4 is 5.78 Å². The second kappa shape index (κ2) is 5.47. The highest BCUT2D eigenvalue weighted by atomic mass is 19.4. The Kier molecular flexibility index (Phi) is 4.00.